The molecule has 0 radical (unpaired) electrons. The minimum Gasteiger partial charge on any atom is -0.409 e. The van der Waals surface area contributed by atoms with Gasteiger partial charge in [0.2, 0.25) is 0 Å². The molecule has 16 heavy (non-hydrogen) atoms. The molecule has 0 atom stereocenters. The lowest BCUT2D eigenvalue weighted by atomic mass is 10.2. The molecule has 1 aromatic heterocycles. The molecule has 0 fully saturated rings. The fourth-order valence-electron chi connectivity index (χ4n) is 1.67. The average molecular weight is 218 g/mol. The molecular formula is C11H14N4O. The third kappa shape index (κ3) is 2.13. The Labute approximate surface area is 93.2 Å². The van der Waals surface area contributed by atoms with Crippen LogP contribution in [0.15, 0.2) is 35.7 Å². The van der Waals surface area contributed by atoms with Gasteiger partial charge in [0, 0.05) is 13.0 Å². The number of imidazole rings is 1. The first-order valence-electron chi connectivity index (χ1n) is 5.17. The summed E-state index contributed by atoms with van der Waals surface area (Å²) in [5.74, 6) is 0.268. The molecule has 0 spiro atoms. The number of nitrogens with zero attached hydrogens (tertiary/aromatic N) is 3. The smallest absolute Gasteiger partial charge is 0.139 e. The summed E-state index contributed by atoms with van der Waals surface area (Å²) < 4.78 is 2.07. The van der Waals surface area contributed by atoms with Crippen LogP contribution in [0.25, 0.3) is 11.0 Å². The number of rotatable bonds is 4. The van der Waals surface area contributed by atoms with Gasteiger partial charge in [0.1, 0.15) is 5.84 Å². The van der Waals surface area contributed by atoms with E-state index < -0.39 is 0 Å². The number of benzene rings is 1. The molecule has 0 amide bonds. The quantitative estimate of drug-likeness (QED) is 0.354. The van der Waals surface area contributed by atoms with Gasteiger partial charge < -0.3 is 15.5 Å². The molecule has 2 aromatic rings. The highest BCUT2D eigenvalue weighted by Gasteiger charge is 2.01. The van der Waals surface area contributed by atoms with E-state index >= 15 is 0 Å². The van der Waals surface area contributed by atoms with Crippen LogP contribution in [0.3, 0.4) is 0 Å². The second-order valence-electron chi connectivity index (χ2n) is 3.62. The second kappa shape index (κ2) is 4.65. The molecule has 0 saturated heterocycles. The van der Waals surface area contributed by atoms with Gasteiger partial charge >= 0.3 is 0 Å². The van der Waals surface area contributed by atoms with Crippen molar-refractivity contribution in [3.8, 4) is 0 Å². The lowest BCUT2D eigenvalue weighted by Gasteiger charge is -2.03. The van der Waals surface area contributed by atoms with E-state index in [0.717, 1.165) is 24.0 Å². The van der Waals surface area contributed by atoms with Gasteiger partial charge in [0.05, 0.1) is 17.4 Å². The lowest BCUT2D eigenvalue weighted by Crippen LogP contribution is -2.12. The number of hydrogen-bond acceptors (Lipinski definition) is 3. The van der Waals surface area contributed by atoms with Crippen molar-refractivity contribution in [2.75, 3.05) is 0 Å². The second-order valence-corrected chi connectivity index (χ2v) is 3.62. The SMILES string of the molecule is N/C(CCCn1cnc2ccccc21)=N\O. The van der Waals surface area contributed by atoms with Gasteiger partial charge in [-0.2, -0.15) is 0 Å². The van der Waals surface area contributed by atoms with E-state index in [1.165, 1.54) is 0 Å². The summed E-state index contributed by atoms with van der Waals surface area (Å²) in [4.78, 5) is 4.29. The maximum Gasteiger partial charge on any atom is 0.139 e. The van der Waals surface area contributed by atoms with Gasteiger partial charge in [-0.15, -0.1) is 0 Å². The van der Waals surface area contributed by atoms with Gasteiger partial charge in [-0.05, 0) is 18.6 Å². The Hall–Kier alpha value is -2.04. The third-order valence-electron chi connectivity index (χ3n) is 2.49. The zero-order valence-electron chi connectivity index (χ0n) is 8.87. The molecule has 2 rings (SSSR count). The van der Waals surface area contributed by atoms with Crippen LogP contribution in [0.1, 0.15) is 12.8 Å². The van der Waals surface area contributed by atoms with Gasteiger partial charge in [-0.3, -0.25) is 0 Å². The van der Waals surface area contributed by atoms with Gasteiger partial charge in [-0.25, -0.2) is 4.98 Å². The monoisotopic (exact) mass is 218 g/mol. The van der Waals surface area contributed by atoms with Crippen LogP contribution >= 0.6 is 0 Å². The van der Waals surface area contributed by atoms with Crippen molar-refractivity contribution in [2.45, 2.75) is 19.4 Å². The van der Waals surface area contributed by atoms with Crippen LogP contribution in [-0.2, 0) is 6.54 Å². The van der Waals surface area contributed by atoms with Crippen LogP contribution in [0.2, 0.25) is 0 Å². The highest BCUT2D eigenvalue weighted by atomic mass is 16.4. The maximum absolute atomic E-state index is 8.41. The number of para-hydroxylation sites is 2. The predicted octanol–water partition coefficient (Wildman–Crippen LogP) is 1.56. The van der Waals surface area contributed by atoms with Crippen molar-refractivity contribution in [3.05, 3.63) is 30.6 Å². The predicted molar refractivity (Wildman–Crippen MR) is 62.4 cm³/mol. The Bertz CT molecular complexity index is 503. The Morgan fingerprint density at radius 2 is 2.25 bits per heavy atom. The largest absolute Gasteiger partial charge is 0.409 e. The average Bonchev–Trinajstić information content (AvgIpc) is 2.73. The fourth-order valence-corrected chi connectivity index (χ4v) is 1.67. The summed E-state index contributed by atoms with van der Waals surface area (Å²) in [5.41, 5.74) is 7.51. The van der Waals surface area contributed by atoms with Crippen molar-refractivity contribution < 1.29 is 5.21 Å². The van der Waals surface area contributed by atoms with Crippen LogP contribution in [-0.4, -0.2) is 20.6 Å². The van der Waals surface area contributed by atoms with Crippen molar-refractivity contribution in [2.24, 2.45) is 10.9 Å². The number of fused-ring (bicyclic) bond motifs is 1. The van der Waals surface area contributed by atoms with E-state index in [9.17, 15) is 0 Å². The van der Waals surface area contributed by atoms with E-state index in [4.69, 9.17) is 10.9 Å². The van der Waals surface area contributed by atoms with Crippen molar-refractivity contribution >= 4 is 16.9 Å². The zero-order valence-corrected chi connectivity index (χ0v) is 8.87. The van der Waals surface area contributed by atoms with Crippen molar-refractivity contribution in [1.82, 2.24) is 9.55 Å². The first-order chi connectivity index (χ1) is 7.81. The topological polar surface area (TPSA) is 76.4 Å². The minimum absolute atomic E-state index is 0.268. The Morgan fingerprint density at radius 3 is 3.06 bits per heavy atom. The van der Waals surface area contributed by atoms with E-state index in [-0.39, 0.29) is 5.84 Å². The van der Waals surface area contributed by atoms with E-state index in [1.54, 1.807) is 0 Å². The Balaban J connectivity index is 2.05. The summed E-state index contributed by atoms with van der Waals surface area (Å²) >= 11 is 0. The highest BCUT2D eigenvalue weighted by Crippen LogP contribution is 2.12. The number of aromatic nitrogens is 2. The zero-order chi connectivity index (χ0) is 11.4. The highest BCUT2D eigenvalue weighted by molar-refractivity contribution is 5.79. The van der Waals surface area contributed by atoms with Crippen molar-refractivity contribution in [3.63, 3.8) is 0 Å². The van der Waals surface area contributed by atoms with Gasteiger partial charge in [-0.1, -0.05) is 17.3 Å². The van der Waals surface area contributed by atoms with E-state index in [0.29, 0.717) is 6.42 Å². The number of amidine groups is 1. The van der Waals surface area contributed by atoms with E-state index in [1.807, 2.05) is 30.6 Å². The molecule has 1 heterocycles. The van der Waals surface area contributed by atoms with Gasteiger partial charge in [0.25, 0.3) is 0 Å². The Morgan fingerprint density at radius 1 is 1.44 bits per heavy atom. The van der Waals surface area contributed by atoms with Crippen LogP contribution in [0, 0.1) is 0 Å². The molecule has 1 aromatic carbocycles. The molecule has 0 unspecified atom stereocenters. The summed E-state index contributed by atoms with van der Waals surface area (Å²) in [6, 6.07) is 7.97. The third-order valence-corrected chi connectivity index (χ3v) is 2.49. The molecule has 0 aliphatic rings. The molecule has 0 bridgehead atoms. The molecule has 5 nitrogen and oxygen atoms in total. The normalized spacial score (nSPS) is 12.1. The summed E-state index contributed by atoms with van der Waals surface area (Å²) in [7, 11) is 0. The molecule has 5 heteroatoms. The number of nitrogens with two attached hydrogens (primary N) is 1. The molecule has 0 aliphatic carbocycles. The molecular weight excluding hydrogens is 204 g/mol. The Kier molecular flexibility index (Phi) is 3.05. The molecule has 3 N–H and O–H groups in total. The van der Waals surface area contributed by atoms with E-state index in [2.05, 4.69) is 14.7 Å². The summed E-state index contributed by atoms with van der Waals surface area (Å²) in [6.45, 7) is 0.816. The number of oxime groups is 1. The molecule has 84 valence electrons. The van der Waals surface area contributed by atoms with Crippen LogP contribution in [0.4, 0.5) is 0 Å². The van der Waals surface area contributed by atoms with Gasteiger partial charge in [0.15, 0.2) is 0 Å². The van der Waals surface area contributed by atoms with Crippen LogP contribution in [0.5, 0.6) is 0 Å². The first-order valence-corrected chi connectivity index (χ1v) is 5.17. The lowest BCUT2D eigenvalue weighted by molar-refractivity contribution is 0.316. The minimum atomic E-state index is 0.268. The summed E-state index contributed by atoms with van der Waals surface area (Å²) in [5, 5.41) is 11.3. The number of hydrogen-bond donors (Lipinski definition) is 2. The summed E-state index contributed by atoms with van der Waals surface area (Å²) in [6.07, 6.45) is 3.23. The fraction of sp³-hybridized carbons (Fsp3) is 0.273. The van der Waals surface area contributed by atoms with Crippen molar-refractivity contribution in [1.29, 1.82) is 0 Å². The molecule has 0 saturated carbocycles. The first kappa shape index (κ1) is 10.5. The molecule has 0 aliphatic heterocycles. The van der Waals surface area contributed by atoms with Crippen LogP contribution < -0.4 is 5.73 Å². The standard InChI is InChI=1S/C11H14N4O/c12-11(14-16)6-3-7-15-8-13-9-4-1-2-5-10(9)15/h1-2,4-5,8,16H,3,6-7H2,(H2,12,14). The number of aryl methyl sites for hydroxylation is 1. The maximum atomic E-state index is 8.41.